The molecule has 0 bridgehead atoms. The fraction of sp³-hybridized carbons (Fsp3) is 0.207. The Morgan fingerprint density at radius 2 is 1.58 bits per heavy atom. The number of hydrogen-bond donors (Lipinski definition) is 1. The number of hydrogen-bond acceptors (Lipinski definition) is 5. The summed E-state index contributed by atoms with van der Waals surface area (Å²) in [6.45, 7) is 4.47. The van der Waals surface area contributed by atoms with Gasteiger partial charge in [0.15, 0.2) is 0 Å². The van der Waals surface area contributed by atoms with Crippen LogP contribution in [0.25, 0.3) is 10.8 Å². The molecule has 5 rings (SSSR count). The molecule has 7 heteroatoms. The fourth-order valence-corrected chi connectivity index (χ4v) is 4.80. The van der Waals surface area contributed by atoms with Gasteiger partial charge in [-0.05, 0) is 41.5 Å². The standard InChI is InChI=1S/C29H28N4O3/c1-21(22-8-3-2-4-9-22)30-27-20-24(14-15-28(27)33(35)36)31-16-18-32(19-17-31)29(34)26-13-7-11-23-10-5-6-12-25(23)26/h2-15,20-21,30H,16-19H2,1H3/t21-/m0/s1. The van der Waals surface area contributed by atoms with E-state index in [0.29, 0.717) is 31.9 Å². The molecule has 1 N–H and O–H groups in total. The van der Waals surface area contributed by atoms with Gasteiger partial charge in [-0.3, -0.25) is 14.9 Å². The Bertz CT molecular complexity index is 1390. The van der Waals surface area contributed by atoms with Crippen LogP contribution in [-0.2, 0) is 0 Å². The normalized spacial score (nSPS) is 14.5. The largest absolute Gasteiger partial charge is 0.373 e. The lowest BCUT2D eigenvalue weighted by Crippen LogP contribution is -2.48. The Kier molecular flexibility index (Phi) is 6.54. The number of rotatable bonds is 6. The highest BCUT2D eigenvalue weighted by atomic mass is 16.6. The average Bonchev–Trinajstić information content (AvgIpc) is 2.92. The molecule has 36 heavy (non-hydrogen) atoms. The van der Waals surface area contributed by atoms with Crippen molar-refractivity contribution in [2.75, 3.05) is 36.4 Å². The molecule has 7 nitrogen and oxygen atoms in total. The van der Waals surface area contributed by atoms with Crippen molar-refractivity contribution < 1.29 is 9.72 Å². The number of fused-ring (bicyclic) bond motifs is 1. The predicted molar refractivity (Wildman–Crippen MR) is 144 cm³/mol. The molecule has 1 heterocycles. The van der Waals surface area contributed by atoms with Crippen LogP contribution in [0.1, 0.15) is 28.9 Å². The van der Waals surface area contributed by atoms with E-state index in [9.17, 15) is 14.9 Å². The monoisotopic (exact) mass is 480 g/mol. The number of nitro groups is 1. The second kappa shape index (κ2) is 10.1. The smallest absolute Gasteiger partial charge is 0.292 e. The first-order valence-electron chi connectivity index (χ1n) is 12.1. The maximum Gasteiger partial charge on any atom is 0.292 e. The third-order valence-corrected chi connectivity index (χ3v) is 6.80. The number of carbonyl (C=O) groups excluding carboxylic acids is 1. The number of nitrogens with zero attached hydrogens (tertiary/aromatic N) is 3. The highest BCUT2D eigenvalue weighted by molar-refractivity contribution is 6.07. The van der Waals surface area contributed by atoms with Crippen molar-refractivity contribution >= 4 is 33.7 Å². The first kappa shape index (κ1) is 23.4. The van der Waals surface area contributed by atoms with Gasteiger partial charge in [0.05, 0.1) is 4.92 Å². The molecule has 0 spiro atoms. The third kappa shape index (κ3) is 4.73. The van der Waals surface area contributed by atoms with Crippen LogP contribution < -0.4 is 10.2 Å². The Labute approximate surface area is 210 Å². The zero-order valence-corrected chi connectivity index (χ0v) is 20.1. The van der Waals surface area contributed by atoms with E-state index >= 15 is 0 Å². The van der Waals surface area contributed by atoms with E-state index in [1.54, 1.807) is 12.1 Å². The molecular weight excluding hydrogens is 452 g/mol. The molecule has 4 aromatic carbocycles. The lowest BCUT2D eigenvalue weighted by Gasteiger charge is -2.36. The van der Waals surface area contributed by atoms with Crippen molar-refractivity contribution in [1.82, 2.24) is 4.90 Å². The minimum absolute atomic E-state index is 0.0363. The summed E-state index contributed by atoms with van der Waals surface area (Å²) in [5.74, 6) is 0.0363. The zero-order chi connectivity index (χ0) is 25.1. The van der Waals surface area contributed by atoms with E-state index in [2.05, 4.69) is 10.2 Å². The Morgan fingerprint density at radius 1 is 0.889 bits per heavy atom. The van der Waals surface area contributed by atoms with E-state index in [0.717, 1.165) is 27.6 Å². The number of anilines is 2. The second-order valence-corrected chi connectivity index (χ2v) is 9.04. The van der Waals surface area contributed by atoms with Crippen LogP contribution >= 0.6 is 0 Å². The summed E-state index contributed by atoms with van der Waals surface area (Å²) in [6.07, 6.45) is 0. The highest BCUT2D eigenvalue weighted by Gasteiger charge is 2.25. The second-order valence-electron chi connectivity index (χ2n) is 9.04. The van der Waals surface area contributed by atoms with E-state index in [1.807, 2.05) is 90.7 Å². The van der Waals surface area contributed by atoms with E-state index in [1.165, 1.54) is 0 Å². The van der Waals surface area contributed by atoms with E-state index in [-0.39, 0.29) is 22.6 Å². The van der Waals surface area contributed by atoms with Crippen LogP contribution in [0.3, 0.4) is 0 Å². The summed E-state index contributed by atoms with van der Waals surface area (Å²) in [7, 11) is 0. The third-order valence-electron chi connectivity index (χ3n) is 6.80. The lowest BCUT2D eigenvalue weighted by molar-refractivity contribution is -0.384. The molecule has 4 aromatic rings. The molecule has 1 saturated heterocycles. The molecule has 182 valence electrons. The van der Waals surface area contributed by atoms with Gasteiger partial charge < -0.3 is 15.1 Å². The zero-order valence-electron chi connectivity index (χ0n) is 20.1. The SMILES string of the molecule is C[C@H](Nc1cc(N2CCN(C(=O)c3cccc4ccccc34)CC2)ccc1[N+](=O)[O-])c1ccccc1. The number of amides is 1. The summed E-state index contributed by atoms with van der Waals surface area (Å²) >= 11 is 0. The minimum Gasteiger partial charge on any atom is -0.373 e. The summed E-state index contributed by atoms with van der Waals surface area (Å²) in [5.41, 5.74) is 3.21. The molecule has 1 amide bonds. The van der Waals surface area contributed by atoms with Gasteiger partial charge in [-0.15, -0.1) is 0 Å². The summed E-state index contributed by atoms with van der Waals surface area (Å²) < 4.78 is 0. The summed E-state index contributed by atoms with van der Waals surface area (Å²) in [6, 6.07) is 28.7. The molecule has 1 atom stereocenters. The number of piperazine rings is 1. The quantitative estimate of drug-likeness (QED) is 0.275. The van der Waals surface area contributed by atoms with Gasteiger partial charge in [0.2, 0.25) is 0 Å². The van der Waals surface area contributed by atoms with Gasteiger partial charge in [0.1, 0.15) is 5.69 Å². The summed E-state index contributed by atoms with van der Waals surface area (Å²) in [4.78, 5) is 28.7. The average molecular weight is 481 g/mol. The van der Waals surface area contributed by atoms with Gasteiger partial charge in [0, 0.05) is 49.5 Å². The van der Waals surface area contributed by atoms with Crippen molar-refractivity contribution in [3.63, 3.8) is 0 Å². The lowest BCUT2D eigenvalue weighted by atomic mass is 10.0. The molecule has 1 aliphatic heterocycles. The maximum absolute atomic E-state index is 13.3. The summed E-state index contributed by atoms with van der Waals surface area (Å²) in [5, 5.41) is 17.0. The first-order chi connectivity index (χ1) is 17.5. The molecule has 0 saturated carbocycles. The number of nitro benzene ring substituents is 1. The Morgan fingerprint density at radius 3 is 2.33 bits per heavy atom. The Balaban J connectivity index is 1.31. The molecule has 1 aliphatic rings. The van der Waals surface area contributed by atoms with Gasteiger partial charge in [0.25, 0.3) is 11.6 Å². The number of carbonyl (C=O) groups is 1. The minimum atomic E-state index is -0.357. The van der Waals surface area contributed by atoms with Crippen molar-refractivity contribution in [3.05, 3.63) is 112 Å². The van der Waals surface area contributed by atoms with Gasteiger partial charge in [-0.1, -0.05) is 66.7 Å². The maximum atomic E-state index is 13.3. The van der Waals surface area contributed by atoms with Crippen LogP contribution in [0.2, 0.25) is 0 Å². The van der Waals surface area contributed by atoms with Crippen LogP contribution in [-0.4, -0.2) is 41.9 Å². The first-order valence-corrected chi connectivity index (χ1v) is 12.1. The van der Waals surface area contributed by atoms with Crippen molar-refractivity contribution in [2.45, 2.75) is 13.0 Å². The van der Waals surface area contributed by atoms with Crippen molar-refractivity contribution in [1.29, 1.82) is 0 Å². The van der Waals surface area contributed by atoms with E-state index in [4.69, 9.17) is 0 Å². The van der Waals surface area contributed by atoms with Gasteiger partial charge in [-0.2, -0.15) is 0 Å². The van der Waals surface area contributed by atoms with Crippen molar-refractivity contribution in [2.24, 2.45) is 0 Å². The molecule has 1 fully saturated rings. The van der Waals surface area contributed by atoms with Crippen LogP contribution in [0.5, 0.6) is 0 Å². The van der Waals surface area contributed by atoms with Crippen LogP contribution in [0, 0.1) is 10.1 Å². The molecule has 0 aromatic heterocycles. The fourth-order valence-electron chi connectivity index (χ4n) is 4.80. The highest BCUT2D eigenvalue weighted by Crippen LogP contribution is 2.33. The van der Waals surface area contributed by atoms with Crippen LogP contribution in [0.15, 0.2) is 91.0 Å². The van der Waals surface area contributed by atoms with E-state index < -0.39 is 0 Å². The Hall–Kier alpha value is -4.39. The number of benzene rings is 4. The van der Waals surface area contributed by atoms with Crippen molar-refractivity contribution in [3.8, 4) is 0 Å². The van der Waals surface area contributed by atoms with Crippen LogP contribution in [0.4, 0.5) is 17.1 Å². The topological polar surface area (TPSA) is 78.7 Å². The van der Waals surface area contributed by atoms with Gasteiger partial charge in [-0.25, -0.2) is 0 Å². The predicted octanol–water partition coefficient (Wildman–Crippen LogP) is 5.88. The molecular formula is C29H28N4O3. The molecule has 0 unspecified atom stereocenters. The number of nitrogens with one attached hydrogen (secondary N) is 1. The molecule has 0 radical (unpaired) electrons. The van der Waals surface area contributed by atoms with Gasteiger partial charge >= 0.3 is 0 Å². The molecule has 0 aliphatic carbocycles.